The second-order valence-electron chi connectivity index (χ2n) is 5.60. The Morgan fingerprint density at radius 3 is 2.53 bits per heavy atom. The summed E-state index contributed by atoms with van der Waals surface area (Å²) in [6, 6.07) is 11.9. The van der Waals surface area contributed by atoms with Crippen molar-refractivity contribution < 1.29 is 0 Å². The van der Waals surface area contributed by atoms with Crippen LogP contribution >= 0.6 is 11.3 Å². The van der Waals surface area contributed by atoms with Crippen molar-refractivity contribution in [3.05, 3.63) is 46.3 Å². The summed E-state index contributed by atoms with van der Waals surface area (Å²) in [6.45, 7) is 4.36. The van der Waals surface area contributed by atoms with Gasteiger partial charge in [-0.3, -0.25) is 0 Å². The second-order valence-corrected chi connectivity index (χ2v) is 6.72. The molecule has 1 nitrogen and oxygen atoms in total. The van der Waals surface area contributed by atoms with E-state index in [9.17, 15) is 0 Å². The molecule has 100 valence electrons. The van der Waals surface area contributed by atoms with E-state index in [1.807, 2.05) is 11.3 Å². The molecule has 1 saturated carbocycles. The van der Waals surface area contributed by atoms with E-state index in [1.165, 1.54) is 39.3 Å². The summed E-state index contributed by atoms with van der Waals surface area (Å²) in [7, 11) is 2.08. The van der Waals surface area contributed by atoms with E-state index in [2.05, 4.69) is 56.5 Å². The standard InChI is InChI=1S/C17H21NS/c1-11-4-5-14(10-12(11)2)15-8-9-16(19-15)17(18-3)13-6-7-13/h4-5,8-10,13,17-18H,6-7H2,1-3H3. The van der Waals surface area contributed by atoms with Crippen LogP contribution in [0.5, 0.6) is 0 Å². The van der Waals surface area contributed by atoms with Crippen molar-refractivity contribution >= 4 is 11.3 Å². The summed E-state index contributed by atoms with van der Waals surface area (Å²) in [5, 5.41) is 3.48. The average Bonchev–Trinajstić information content (AvgIpc) is 3.11. The van der Waals surface area contributed by atoms with Crippen LogP contribution in [0.2, 0.25) is 0 Å². The van der Waals surface area contributed by atoms with Crippen LogP contribution < -0.4 is 5.32 Å². The van der Waals surface area contributed by atoms with Crippen molar-refractivity contribution in [2.45, 2.75) is 32.7 Å². The number of hydrogen-bond donors (Lipinski definition) is 1. The maximum atomic E-state index is 3.48. The largest absolute Gasteiger partial charge is 0.312 e. The molecule has 1 aliphatic rings. The van der Waals surface area contributed by atoms with Crippen LogP contribution in [0.3, 0.4) is 0 Å². The zero-order valence-corrected chi connectivity index (χ0v) is 12.7. The quantitative estimate of drug-likeness (QED) is 0.849. The molecular weight excluding hydrogens is 250 g/mol. The molecule has 1 heterocycles. The summed E-state index contributed by atoms with van der Waals surface area (Å²) in [5.74, 6) is 0.858. The molecule has 19 heavy (non-hydrogen) atoms. The summed E-state index contributed by atoms with van der Waals surface area (Å²) < 4.78 is 0. The molecule has 1 aliphatic carbocycles. The minimum Gasteiger partial charge on any atom is -0.312 e. The summed E-state index contributed by atoms with van der Waals surface area (Å²) >= 11 is 1.94. The Hall–Kier alpha value is -1.12. The lowest BCUT2D eigenvalue weighted by Crippen LogP contribution is -2.16. The lowest BCUT2D eigenvalue weighted by Gasteiger charge is -2.12. The molecule has 1 fully saturated rings. The van der Waals surface area contributed by atoms with Crippen molar-refractivity contribution in [1.82, 2.24) is 5.32 Å². The number of hydrogen-bond acceptors (Lipinski definition) is 2. The molecule has 1 aromatic heterocycles. The van der Waals surface area contributed by atoms with Gasteiger partial charge in [-0.1, -0.05) is 18.2 Å². The molecule has 0 spiro atoms. The zero-order valence-electron chi connectivity index (χ0n) is 11.9. The molecule has 0 bridgehead atoms. The SMILES string of the molecule is CNC(c1ccc(-c2ccc(C)c(C)c2)s1)C1CC1. The van der Waals surface area contributed by atoms with Gasteiger partial charge in [0.25, 0.3) is 0 Å². The van der Waals surface area contributed by atoms with Crippen LogP contribution in [0, 0.1) is 19.8 Å². The Labute approximate surface area is 119 Å². The highest BCUT2D eigenvalue weighted by molar-refractivity contribution is 7.15. The molecule has 1 aromatic carbocycles. The van der Waals surface area contributed by atoms with Crippen LogP contribution in [0.1, 0.15) is 34.9 Å². The van der Waals surface area contributed by atoms with Crippen molar-refractivity contribution in [3.63, 3.8) is 0 Å². The normalized spacial score (nSPS) is 16.6. The topological polar surface area (TPSA) is 12.0 Å². The predicted octanol–water partition coefficient (Wildman–Crippen LogP) is 4.70. The van der Waals surface area contributed by atoms with Gasteiger partial charge in [0.2, 0.25) is 0 Å². The molecule has 1 unspecified atom stereocenters. The van der Waals surface area contributed by atoms with Gasteiger partial charge in [-0.25, -0.2) is 0 Å². The Kier molecular flexibility index (Phi) is 3.46. The molecule has 0 radical (unpaired) electrons. The number of aryl methyl sites for hydroxylation is 2. The fourth-order valence-corrected chi connectivity index (χ4v) is 3.82. The van der Waals surface area contributed by atoms with E-state index >= 15 is 0 Å². The van der Waals surface area contributed by atoms with Gasteiger partial charge in [0.15, 0.2) is 0 Å². The molecule has 1 N–H and O–H groups in total. The third-order valence-corrected chi connectivity index (χ3v) is 5.35. The van der Waals surface area contributed by atoms with E-state index < -0.39 is 0 Å². The molecule has 3 rings (SSSR count). The summed E-state index contributed by atoms with van der Waals surface area (Å²) in [5.41, 5.74) is 4.09. The Morgan fingerprint density at radius 1 is 1.11 bits per heavy atom. The molecule has 1 atom stereocenters. The van der Waals surface area contributed by atoms with Crippen LogP contribution in [0.15, 0.2) is 30.3 Å². The van der Waals surface area contributed by atoms with Crippen LogP contribution in [0.25, 0.3) is 10.4 Å². The van der Waals surface area contributed by atoms with Crippen molar-refractivity contribution in [2.24, 2.45) is 5.92 Å². The highest BCUT2D eigenvalue weighted by Gasteiger charge is 2.32. The Morgan fingerprint density at radius 2 is 1.89 bits per heavy atom. The van der Waals surface area contributed by atoms with Crippen molar-refractivity contribution in [1.29, 1.82) is 0 Å². The highest BCUT2D eigenvalue weighted by atomic mass is 32.1. The third kappa shape index (κ3) is 2.60. The first kappa shape index (κ1) is 12.9. The fraction of sp³-hybridized carbons (Fsp3) is 0.412. The van der Waals surface area contributed by atoms with Gasteiger partial charge in [-0.2, -0.15) is 0 Å². The van der Waals surface area contributed by atoms with Crippen LogP contribution in [0.4, 0.5) is 0 Å². The van der Waals surface area contributed by atoms with E-state index in [4.69, 9.17) is 0 Å². The monoisotopic (exact) mass is 271 g/mol. The second kappa shape index (κ2) is 5.10. The van der Waals surface area contributed by atoms with Crippen molar-refractivity contribution in [3.8, 4) is 10.4 Å². The first-order valence-corrected chi connectivity index (χ1v) is 7.85. The maximum absolute atomic E-state index is 3.48. The minimum absolute atomic E-state index is 0.560. The number of thiophene rings is 1. The first-order chi connectivity index (χ1) is 9.19. The van der Waals surface area contributed by atoms with Crippen LogP contribution in [-0.4, -0.2) is 7.05 Å². The van der Waals surface area contributed by atoms with E-state index in [0.29, 0.717) is 6.04 Å². The lowest BCUT2D eigenvalue weighted by molar-refractivity contribution is 0.537. The van der Waals surface area contributed by atoms with Gasteiger partial charge in [0.1, 0.15) is 0 Å². The van der Waals surface area contributed by atoms with Gasteiger partial charge >= 0.3 is 0 Å². The molecule has 2 heteroatoms. The fourth-order valence-electron chi connectivity index (χ4n) is 2.61. The number of benzene rings is 1. The third-order valence-electron chi connectivity index (χ3n) is 4.13. The molecule has 0 amide bonds. The number of rotatable bonds is 4. The van der Waals surface area contributed by atoms with Gasteiger partial charge in [0.05, 0.1) is 0 Å². The summed E-state index contributed by atoms with van der Waals surface area (Å²) in [4.78, 5) is 2.87. The zero-order chi connectivity index (χ0) is 13.4. The average molecular weight is 271 g/mol. The smallest absolute Gasteiger partial charge is 0.0441 e. The molecular formula is C17H21NS. The maximum Gasteiger partial charge on any atom is 0.0441 e. The van der Waals surface area contributed by atoms with Gasteiger partial charge in [0, 0.05) is 15.8 Å². The van der Waals surface area contributed by atoms with Crippen LogP contribution in [-0.2, 0) is 0 Å². The van der Waals surface area contributed by atoms with E-state index in [0.717, 1.165) is 5.92 Å². The first-order valence-electron chi connectivity index (χ1n) is 7.03. The molecule has 0 aliphatic heterocycles. The number of nitrogens with one attached hydrogen (secondary N) is 1. The Balaban J connectivity index is 1.89. The van der Waals surface area contributed by atoms with Gasteiger partial charge in [-0.15, -0.1) is 11.3 Å². The predicted molar refractivity (Wildman–Crippen MR) is 83.8 cm³/mol. The van der Waals surface area contributed by atoms with Crippen molar-refractivity contribution in [2.75, 3.05) is 7.05 Å². The lowest BCUT2D eigenvalue weighted by atomic mass is 10.1. The minimum atomic E-state index is 0.560. The van der Waals surface area contributed by atoms with Gasteiger partial charge < -0.3 is 5.32 Å². The summed E-state index contributed by atoms with van der Waals surface area (Å²) in [6.07, 6.45) is 2.75. The van der Waals surface area contributed by atoms with E-state index in [-0.39, 0.29) is 0 Å². The highest BCUT2D eigenvalue weighted by Crippen LogP contribution is 2.44. The Bertz CT molecular complexity index is 581. The molecule has 0 saturated heterocycles. The molecule has 2 aromatic rings. The van der Waals surface area contributed by atoms with Gasteiger partial charge in [-0.05, 0) is 68.5 Å². The van der Waals surface area contributed by atoms with E-state index in [1.54, 1.807) is 0 Å².